The van der Waals surface area contributed by atoms with Crippen LogP contribution in [0.1, 0.15) is 11.1 Å². The number of alkyl halides is 3. The second-order valence-corrected chi connectivity index (χ2v) is 8.19. The maximum Gasteiger partial charge on any atom is 0.416 e. The van der Waals surface area contributed by atoms with Gasteiger partial charge in [-0.15, -0.1) is 0 Å². The van der Waals surface area contributed by atoms with E-state index in [-0.39, 0.29) is 33.2 Å². The number of hydrogen-bond acceptors (Lipinski definition) is 3. The van der Waals surface area contributed by atoms with Gasteiger partial charge in [-0.1, -0.05) is 41.4 Å². The smallest absolute Gasteiger partial charge is 0.416 e. The zero-order valence-electron chi connectivity index (χ0n) is 17.0. The van der Waals surface area contributed by atoms with Crippen LogP contribution in [-0.2, 0) is 6.18 Å². The van der Waals surface area contributed by atoms with Gasteiger partial charge in [0.15, 0.2) is 0 Å². The minimum absolute atomic E-state index is 0.181. The molecule has 1 aromatic heterocycles. The quantitative estimate of drug-likeness (QED) is 0.310. The third-order valence-electron chi connectivity index (χ3n) is 5.20. The Morgan fingerprint density at radius 2 is 1.53 bits per heavy atom. The lowest BCUT2D eigenvalue weighted by atomic mass is 9.96. The van der Waals surface area contributed by atoms with Crippen LogP contribution in [0, 0.1) is 11.3 Å². The molecular formula is C25H13Cl2F3N2O2. The Bertz CT molecular complexity index is 1510. The zero-order chi connectivity index (χ0) is 24.6. The lowest BCUT2D eigenvalue weighted by Crippen LogP contribution is -2.13. The maximum absolute atomic E-state index is 12.9. The van der Waals surface area contributed by atoms with Gasteiger partial charge in [-0.05, 0) is 59.7 Å². The largest absolute Gasteiger partial charge is 0.507 e. The van der Waals surface area contributed by atoms with E-state index >= 15 is 0 Å². The van der Waals surface area contributed by atoms with Crippen molar-refractivity contribution >= 4 is 23.2 Å². The predicted molar refractivity (Wildman–Crippen MR) is 125 cm³/mol. The molecule has 4 rings (SSSR count). The number of nitrogens with zero attached hydrogens (tertiary/aromatic N) is 1. The Morgan fingerprint density at radius 1 is 0.853 bits per heavy atom. The molecule has 4 aromatic rings. The number of rotatable bonds is 3. The number of H-pyrrole nitrogens is 1. The minimum Gasteiger partial charge on any atom is -0.507 e. The molecule has 2 N–H and O–H groups in total. The Hall–Kier alpha value is -3.73. The van der Waals surface area contributed by atoms with Crippen LogP contribution in [0.3, 0.4) is 0 Å². The number of pyridine rings is 1. The predicted octanol–water partition coefficient (Wildman–Crippen LogP) is 7.28. The summed E-state index contributed by atoms with van der Waals surface area (Å²) in [5, 5.41) is 20.6. The van der Waals surface area contributed by atoms with E-state index in [2.05, 4.69) is 4.98 Å². The van der Waals surface area contributed by atoms with Gasteiger partial charge in [0.25, 0.3) is 5.56 Å². The van der Waals surface area contributed by atoms with Gasteiger partial charge in [0.05, 0.1) is 11.3 Å². The Kier molecular flexibility index (Phi) is 6.13. The molecule has 34 heavy (non-hydrogen) atoms. The van der Waals surface area contributed by atoms with Gasteiger partial charge in [-0.2, -0.15) is 18.4 Å². The fourth-order valence-electron chi connectivity index (χ4n) is 3.52. The number of halogens is 5. The normalized spacial score (nSPS) is 11.3. The molecule has 0 bridgehead atoms. The van der Waals surface area contributed by atoms with Crippen molar-refractivity contribution in [2.24, 2.45) is 0 Å². The van der Waals surface area contributed by atoms with Crippen molar-refractivity contribution in [3.05, 3.63) is 98.3 Å². The average molecular weight is 501 g/mol. The molecule has 0 radical (unpaired) electrons. The zero-order valence-corrected chi connectivity index (χ0v) is 18.6. The number of benzene rings is 3. The summed E-state index contributed by atoms with van der Waals surface area (Å²) in [7, 11) is 0. The molecule has 0 amide bonds. The first-order chi connectivity index (χ1) is 16.1. The molecule has 0 unspecified atom stereocenters. The second-order valence-electron chi connectivity index (χ2n) is 7.34. The lowest BCUT2D eigenvalue weighted by Gasteiger charge is -2.13. The molecule has 170 valence electrons. The van der Waals surface area contributed by atoms with Crippen LogP contribution in [0.4, 0.5) is 13.2 Å². The molecule has 0 atom stereocenters. The van der Waals surface area contributed by atoms with Crippen molar-refractivity contribution in [3.8, 4) is 45.3 Å². The highest BCUT2D eigenvalue weighted by Crippen LogP contribution is 2.37. The van der Waals surface area contributed by atoms with E-state index in [1.165, 1.54) is 48.5 Å². The second kappa shape index (κ2) is 8.90. The number of nitrogens with one attached hydrogen (secondary N) is 1. The third-order valence-corrected chi connectivity index (χ3v) is 5.76. The van der Waals surface area contributed by atoms with Crippen LogP contribution in [0.5, 0.6) is 5.75 Å². The summed E-state index contributed by atoms with van der Waals surface area (Å²) < 4.78 is 38.7. The van der Waals surface area contributed by atoms with Crippen molar-refractivity contribution in [3.63, 3.8) is 0 Å². The highest BCUT2D eigenvalue weighted by atomic mass is 35.5. The molecule has 3 aromatic carbocycles. The Labute approximate surface area is 201 Å². The molecule has 0 saturated carbocycles. The molecule has 0 saturated heterocycles. The van der Waals surface area contributed by atoms with Gasteiger partial charge in [-0.25, -0.2) is 0 Å². The molecular weight excluding hydrogens is 488 g/mol. The van der Waals surface area contributed by atoms with Crippen LogP contribution in [0.15, 0.2) is 71.5 Å². The van der Waals surface area contributed by atoms with E-state index in [4.69, 9.17) is 23.2 Å². The maximum atomic E-state index is 12.9. The monoisotopic (exact) mass is 500 g/mol. The first kappa shape index (κ1) is 23.4. The fourth-order valence-corrected chi connectivity index (χ4v) is 3.91. The lowest BCUT2D eigenvalue weighted by molar-refractivity contribution is -0.137. The van der Waals surface area contributed by atoms with Crippen molar-refractivity contribution in [2.45, 2.75) is 6.18 Å². The Morgan fingerprint density at radius 3 is 2.18 bits per heavy atom. The molecule has 4 nitrogen and oxygen atoms in total. The first-order valence-corrected chi connectivity index (χ1v) is 10.5. The van der Waals surface area contributed by atoms with E-state index in [9.17, 15) is 28.3 Å². The van der Waals surface area contributed by atoms with Crippen molar-refractivity contribution < 1.29 is 18.3 Å². The van der Waals surface area contributed by atoms with Gasteiger partial charge >= 0.3 is 6.18 Å². The number of hydrogen-bond donors (Lipinski definition) is 2. The number of aromatic nitrogens is 1. The summed E-state index contributed by atoms with van der Waals surface area (Å²) in [5.41, 5.74) is 0.271. The number of nitriles is 1. The summed E-state index contributed by atoms with van der Waals surface area (Å²) in [4.78, 5) is 15.3. The highest BCUT2D eigenvalue weighted by Gasteiger charge is 2.30. The van der Waals surface area contributed by atoms with Gasteiger partial charge in [0.1, 0.15) is 17.4 Å². The summed E-state index contributed by atoms with van der Waals surface area (Å²) in [5.74, 6) is -0.181. The number of phenols is 1. The van der Waals surface area contributed by atoms with E-state index in [1.54, 1.807) is 6.07 Å². The van der Waals surface area contributed by atoms with Gasteiger partial charge in [0, 0.05) is 26.7 Å². The van der Waals surface area contributed by atoms with E-state index < -0.39 is 17.3 Å². The summed E-state index contributed by atoms with van der Waals surface area (Å²) >= 11 is 12.4. The SMILES string of the molecule is N#Cc1c(-c2cc(Cl)ccc2Cl)cc(-c2cc(-c3ccc(C(F)(F)F)cc3)ccc2O)[nH]c1=O. The van der Waals surface area contributed by atoms with E-state index in [1.807, 2.05) is 6.07 Å². The summed E-state index contributed by atoms with van der Waals surface area (Å²) in [6.45, 7) is 0. The van der Waals surface area contributed by atoms with Crippen LogP contribution < -0.4 is 5.56 Å². The van der Waals surface area contributed by atoms with Crippen LogP contribution in [0.2, 0.25) is 10.0 Å². The fraction of sp³-hybridized carbons (Fsp3) is 0.0400. The Balaban J connectivity index is 1.87. The van der Waals surface area contributed by atoms with E-state index in [0.717, 1.165) is 12.1 Å². The highest BCUT2D eigenvalue weighted by molar-refractivity contribution is 6.35. The number of aromatic amines is 1. The van der Waals surface area contributed by atoms with Gasteiger partial charge < -0.3 is 10.1 Å². The number of aromatic hydroxyl groups is 1. The van der Waals surface area contributed by atoms with Crippen LogP contribution >= 0.6 is 23.2 Å². The molecule has 0 spiro atoms. The van der Waals surface area contributed by atoms with Crippen LogP contribution in [-0.4, -0.2) is 10.1 Å². The molecule has 0 aliphatic rings. The van der Waals surface area contributed by atoms with Gasteiger partial charge in [0.2, 0.25) is 0 Å². The molecule has 0 aliphatic heterocycles. The van der Waals surface area contributed by atoms with Gasteiger partial charge in [-0.3, -0.25) is 4.79 Å². The molecule has 0 aliphatic carbocycles. The minimum atomic E-state index is -4.46. The average Bonchev–Trinajstić information content (AvgIpc) is 2.80. The van der Waals surface area contributed by atoms with Crippen molar-refractivity contribution in [1.29, 1.82) is 5.26 Å². The topological polar surface area (TPSA) is 76.9 Å². The molecule has 0 fully saturated rings. The summed E-state index contributed by atoms with van der Waals surface area (Å²) in [6, 6.07) is 16.9. The van der Waals surface area contributed by atoms with E-state index in [0.29, 0.717) is 21.7 Å². The van der Waals surface area contributed by atoms with Crippen LogP contribution in [0.25, 0.3) is 33.5 Å². The summed E-state index contributed by atoms with van der Waals surface area (Å²) in [6.07, 6.45) is -4.46. The van der Waals surface area contributed by atoms with Crippen molar-refractivity contribution in [1.82, 2.24) is 4.98 Å². The molecule has 9 heteroatoms. The molecule has 1 heterocycles. The third kappa shape index (κ3) is 4.51. The standard InChI is InChI=1S/C25H13Cl2F3N2O2/c26-16-6-7-21(27)18(10-16)17-11-22(32-24(34)20(17)12-31)19-9-14(3-8-23(19)33)13-1-4-15(5-2-13)25(28,29)30/h1-11,33H,(H,32,34). The van der Waals surface area contributed by atoms with Crippen molar-refractivity contribution in [2.75, 3.05) is 0 Å². The first-order valence-electron chi connectivity index (χ1n) is 9.72. The number of phenolic OH excluding ortho intramolecular Hbond substituents is 1.